The Balaban J connectivity index is 2.68. The molecule has 1 fully saturated rings. The van der Waals surface area contributed by atoms with Gasteiger partial charge in [0.25, 0.3) is 0 Å². The largest absolute Gasteiger partial charge is 0.292 e. The zero-order chi connectivity index (χ0) is 14.0. The van der Waals surface area contributed by atoms with Crippen LogP contribution >= 0.6 is 0 Å². The lowest BCUT2D eigenvalue weighted by Crippen LogP contribution is -2.58. The number of carbonyl (C=O) groups excluding carboxylic acids is 1. The second-order valence-electron chi connectivity index (χ2n) is 6.73. The zero-order valence-corrected chi connectivity index (χ0v) is 12.7. The van der Waals surface area contributed by atoms with E-state index in [1.807, 2.05) is 18.9 Å². The van der Waals surface area contributed by atoms with Gasteiger partial charge in [0.1, 0.15) is 6.61 Å². The van der Waals surface area contributed by atoms with Crippen LogP contribution in [-0.2, 0) is 9.63 Å². The topological polar surface area (TPSA) is 29.5 Å². The van der Waals surface area contributed by atoms with Gasteiger partial charge in [-0.25, -0.2) is 0 Å². The summed E-state index contributed by atoms with van der Waals surface area (Å²) in [6, 6.07) is 0. The Morgan fingerprint density at radius 3 is 2.11 bits per heavy atom. The Morgan fingerprint density at radius 2 is 1.67 bits per heavy atom. The van der Waals surface area contributed by atoms with E-state index in [0.717, 1.165) is 18.4 Å². The monoisotopic (exact) mass is 253 g/mol. The second-order valence-corrected chi connectivity index (χ2v) is 6.73. The van der Waals surface area contributed by atoms with E-state index in [-0.39, 0.29) is 23.5 Å². The molecule has 18 heavy (non-hydrogen) atoms. The first-order valence-corrected chi connectivity index (χ1v) is 6.76. The summed E-state index contributed by atoms with van der Waals surface area (Å²) < 4.78 is 0. The van der Waals surface area contributed by atoms with Gasteiger partial charge < -0.3 is 0 Å². The third kappa shape index (κ3) is 3.92. The number of carbonyl (C=O) groups is 1. The first-order chi connectivity index (χ1) is 8.15. The summed E-state index contributed by atoms with van der Waals surface area (Å²) in [5.74, 6) is 0.0344. The third-order valence-corrected chi connectivity index (χ3v) is 3.46. The molecule has 1 saturated heterocycles. The third-order valence-electron chi connectivity index (χ3n) is 3.46. The number of allylic oxidation sites excluding steroid dienone is 1. The molecule has 0 amide bonds. The van der Waals surface area contributed by atoms with E-state index in [0.29, 0.717) is 0 Å². The molecule has 0 radical (unpaired) electrons. The molecule has 3 heteroatoms. The lowest BCUT2D eigenvalue weighted by molar-refractivity contribution is -0.275. The zero-order valence-electron chi connectivity index (χ0n) is 12.7. The maximum Gasteiger partial charge on any atom is 0.183 e. The van der Waals surface area contributed by atoms with Gasteiger partial charge in [0, 0.05) is 11.1 Å². The Morgan fingerprint density at radius 1 is 1.17 bits per heavy atom. The smallest absolute Gasteiger partial charge is 0.183 e. The summed E-state index contributed by atoms with van der Waals surface area (Å²) in [6.07, 6.45) is 5.06. The van der Waals surface area contributed by atoms with E-state index in [1.54, 1.807) is 6.08 Å². The Labute approximate surface area is 111 Å². The first kappa shape index (κ1) is 15.4. The quantitative estimate of drug-likeness (QED) is 0.718. The van der Waals surface area contributed by atoms with Crippen molar-refractivity contribution in [3.63, 3.8) is 0 Å². The molecular weight excluding hydrogens is 226 g/mol. The SMILES string of the molecule is CC(C)=CC(=O)CON1C(C)(C)CCCC1(C)C. The van der Waals surface area contributed by atoms with Gasteiger partial charge in [-0.1, -0.05) is 5.57 Å². The van der Waals surface area contributed by atoms with Crippen LogP contribution in [0, 0.1) is 0 Å². The number of hydroxylamine groups is 2. The van der Waals surface area contributed by atoms with Crippen molar-refractivity contribution < 1.29 is 9.63 Å². The van der Waals surface area contributed by atoms with E-state index in [2.05, 4.69) is 27.7 Å². The number of rotatable bonds is 4. The maximum atomic E-state index is 11.7. The molecule has 0 bridgehead atoms. The predicted molar refractivity (Wildman–Crippen MR) is 74.2 cm³/mol. The molecular formula is C15H27NO2. The number of nitrogens with zero attached hydrogens (tertiary/aromatic N) is 1. The van der Waals surface area contributed by atoms with Gasteiger partial charge in [-0.2, -0.15) is 5.06 Å². The minimum Gasteiger partial charge on any atom is -0.292 e. The standard InChI is InChI=1S/C15H27NO2/c1-12(2)10-13(17)11-18-16-14(3,4)8-7-9-15(16,5)6/h10H,7-9,11H2,1-6H3. The molecule has 0 atom stereocenters. The van der Waals surface area contributed by atoms with E-state index >= 15 is 0 Å². The van der Waals surface area contributed by atoms with Crippen molar-refractivity contribution in [1.82, 2.24) is 5.06 Å². The van der Waals surface area contributed by atoms with Gasteiger partial charge >= 0.3 is 0 Å². The van der Waals surface area contributed by atoms with E-state index < -0.39 is 0 Å². The highest BCUT2D eigenvalue weighted by Crippen LogP contribution is 2.38. The van der Waals surface area contributed by atoms with Crippen molar-refractivity contribution in [1.29, 1.82) is 0 Å². The van der Waals surface area contributed by atoms with Crippen molar-refractivity contribution in [2.45, 2.75) is 71.9 Å². The van der Waals surface area contributed by atoms with Crippen LogP contribution in [-0.4, -0.2) is 28.5 Å². The van der Waals surface area contributed by atoms with Crippen LogP contribution in [0.1, 0.15) is 60.8 Å². The maximum absolute atomic E-state index is 11.7. The van der Waals surface area contributed by atoms with Gasteiger partial charge in [-0.05, 0) is 66.9 Å². The minimum absolute atomic E-state index is 0.00694. The highest BCUT2D eigenvalue weighted by molar-refractivity contribution is 5.91. The number of ketones is 1. The van der Waals surface area contributed by atoms with Crippen LogP contribution in [0.15, 0.2) is 11.6 Å². The van der Waals surface area contributed by atoms with Crippen LogP contribution in [0.3, 0.4) is 0 Å². The fourth-order valence-electron chi connectivity index (χ4n) is 2.82. The summed E-state index contributed by atoms with van der Waals surface area (Å²) >= 11 is 0. The normalized spacial score (nSPS) is 22.6. The fourth-order valence-corrected chi connectivity index (χ4v) is 2.82. The Bertz CT molecular complexity index is 322. The molecule has 0 aromatic heterocycles. The van der Waals surface area contributed by atoms with Crippen molar-refractivity contribution in [2.75, 3.05) is 6.61 Å². The molecule has 0 aliphatic carbocycles. The van der Waals surface area contributed by atoms with Gasteiger partial charge in [-0.3, -0.25) is 9.63 Å². The molecule has 0 aromatic rings. The number of piperidine rings is 1. The van der Waals surface area contributed by atoms with Crippen LogP contribution in [0.25, 0.3) is 0 Å². The lowest BCUT2D eigenvalue weighted by Gasteiger charge is -2.51. The highest BCUT2D eigenvalue weighted by Gasteiger charge is 2.42. The van der Waals surface area contributed by atoms with Crippen LogP contribution in [0.4, 0.5) is 0 Å². The van der Waals surface area contributed by atoms with E-state index in [1.165, 1.54) is 6.42 Å². The average Bonchev–Trinajstić information content (AvgIpc) is 2.12. The molecule has 1 heterocycles. The van der Waals surface area contributed by atoms with Crippen LogP contribution < -0.4 is 0 Å². The van der Waals surface area contributed by atoms with Crippen LogP contribution in [0.5, 0.6) is 0 Å². The second kappa shape index (κ2) is 5.54. The Kier molecular flexibility index (Phi) is 4.73. The van der Waals surface area contributed by atoms with Crippen molar-refractivity contribution in [3.05, 3.63) is 11.6 Å². The van der Waals surface area contributed by atoms with Crippen molar-refractivity contribution in [3.8, 4) is 0 Å². The van der Waals surface area contributed by atoms with Crippen molar-refractivity contribution in [2.24, 2.45) is 0 Å². The van der Waals surface area contributed by atoms with Gasteiger partial charge in [0.05, 0.1) is 0 Å². The molecule has 104 valence electrons. The molecule has 1 rings (SSSR count). The Hall–Kier alpha value is -0.670. The molecule has 0 spiro atoms. The molecule has 0 unspecified atom stereocenters. The number of hydrogen-bond donors (Lipinski definition) is 0. The number of hydrogen-bond acceptors (Lipinski definition) is 3. The summed E-state index contributed by atoms with van der Waals surface area (Å²) in [6.45, 7) is 12.7. The lowest BCUT2D eigenvalue weighted by atomic mass is 9.82. The molecule has 0 saturated carbocycles. The van der Waals surface area contributed by atoms with E-state index in [4.69, 9.17) is 4.84 Å². The molecule has 1 aliphatic heterocycles. The highest BCUT2D eigenvalue weighted by atomic mass is 16.7. The molecule has 0 N–H and O–H groups in total. The van der Waals surface area contributed by atoms with Gasteiger partial charge in [0.15, 0.2) is 5.78 Å². The van der Waals surface area contributed by atoms with Crippen LogP contribution in [0.2, 0.25) is 0 Å². The fraction of sp³-hybridized carbons (Fsp3) is 0.800. The summed E-state index contributed by atoms with van der Waals surface area (Å²) in [5, 5.41) is 2.03. The van der Waals surface area contributed by atoms with Crippen molar-refractivity contribution >= 4 is 5.78 Å². The minimum atomic E-state index is -0.00694. The molecule has 0 aromatic carbocycles. The van der Waals surface area contributed by atoms with Gasteiger partial charge in [-0.15, -0.1) is 0 Å². The predicted octanol–water partition coefficient (Wildman–Crippen LogP) is 3.50. The molecule has 1 aliphatic rings. The summed E-state index contributed by atoms with van der Waals surface area (Å²) in [5.41, 5.74) is 1.00. The average molecular weight is 253 g/mol. The van der Waals surface area contributed by atoms with Gasteiger partial charge in [0.2, 0.25) is 0 Å². The first-order valence-electron chi connectivity index (χ1n) is 6.76. The summed E-state index contributed by atoms with van der Waals surface area (Å²) in [7, 11) is 0. The molecule has 3 nitrogen and oxygen atoms in total. The van der Waals surface area contributed by atoms with E-state index in [9.17, 15) is 4.79 Å². The summed E-state index contributed by atoms with van der Waals surface area (Å²) in [4.78, 5) is 17.5.